The van der Waals surface area contributed by atoms with Crippen LogP contribution < -0.4 is 5.32 Å². The van der Waals surface area contributed by atoms with Gasteiger partial charge in [0.15, 0.2) is 0 Å². The number of rotatable bonds is 6. The van der Waals surface area contributed by atoms with Gasteiger partial charge in [0.1, 0.15) is 15.7 Å². The Morgan fingerprint density at radius 3 is 2.71 bits per heavy atom. The first-order valence-electron chi connectivity index (χ1n) is 5.21. The van der Waals surface area contributed by atoms with Crippen LogP contribution in [0.5, 0.6) is 0 Å². The highest BCUT2D eigenvalue weighted by atomic mass is 35.5. The minimum atomic E-state index is -2.90. The highest BCUT2D eigenvalue weighted by Gasteiger charge is 2.02. The summed E-state index contributed by atoms with van der Waals surface area (Å²) in [5.41, 5.74) is 0.784. The maximum atomic E-state index is 13.1. The molecule has 0 saturated heterocycles. The third-order valence-corrected chi connectivity index (χ3v) is 3.52. The Hall–Kier alpha value is -0.650. The monoisotopic (exact) mass is 279 g/mol. The van der Waals surface area contributed by atoms with Crippen LogP contribution in [0.2, 0.25) is 5.02 Å². The lowest BCUT2D eigenvalue weighted by molar-refractivity contribution is 0.593. The van der Waals surface area contributed by atoms with Crippen LogP contribution in [0.1, 0.15) is 12.0 Å². The highest BCUT2D eigenvalue weighted by molar-refractivity contribution is 7.90. The maximum absolute atomic E-state index is 13.1. The number of hydrogen-bond acceptors (Lipinski definition) is 3. The van der Waals surface area contributed by atoms with Gasteiger partial charge >= 0.3 is 0 Å². The van der Waals surface area contributed by atoms with Gasteiger partial charge in [0, 0.05) is 12.8 Å². The normalized spacial score (nSPS) is 11.7. The number of sulfone groups is 1. The van der Waals surface area contributed by atoms with E-state index in [2.05, 4.69) is 5.32 Å². The molecule has 0 aliphatic heterocycles. The van der Waals surface area contributed by atoms with E-state index in [1.165, 1.54) is 18.4 Å². The van der Waals surface area contributed by atoms with Crippen molar-refractivity contribution in [2.45, 2.75) is 13.0 Å². The predicted octanol–water partition coefficient (Wildman–Crippen LogP) is 2.00. The Kier molecular flexibility index (Phi) is 5.36. The average molecular weight is 280 g/mol. The first kappa shape index (κ1) is 14.4. The lowest BCUT2D eigenvalue weighted by Gasteiger charge is -2.05. The summed E-state index contributed by atoms with van der Waals surface area (Å²) in [6, 6.07) is 4.60. The van der Waals surface area contributed by atoms with Gasteiger partial charge in [0.2, 0.25) is 0 Å². The molecule has 0 aliphatic rings. The minimum Gasteiger partial charge on any atom is -0.313 e. The summed E-state index contributed by atoms with van der Waals surface area (Å²) in [5.74, 6) is -0.281. The van der Waals surface area contributed by atoms with Crippen LogP contribution in [0.4, 0.5) is 4.39 Å². The van der Waals surface area contributed by atoms with Crippen LogP contribution in [0.15, 0.2) is 18.2 Å². The largest absolute Gasteiger partial charge is 0.313 e. The fraction of sp³-hybridized carbons (Fsp3) is 0.455. The number of hydrogen-bond donors (Lipinski definition) is 1. The molecule has 0 atom stereocenters. The summed E-state index contributed by atoms with van der Waals surface area (Å²) in [5, 5.41) is 3.15. The molecule has 0 aromatic heterocycles. The Morgan fingerprint density at radius 2 is 2.12 bits per heavy atom. The maximum Gasteiger partial charge on any atom is 0.147 e. The Balaban J connectivity index is 2.29. The Bertz CT molecular complexity index is 476. The van der Waals surface area contributed by atoms with Gasteiger partial charge in [-0.05, 0) is 30.7 Å². The van der Waals surface area contributed by atoms with E-state index in [0.29, 0.717) is 19.5 Å². The molecule has 17 heavy (non-hydrogen) atoms. The molecule has 1 aromatic rings. The van der Waals surface area contributed by atoms with E-state index in [9.17, 15) is 12.8 Å². The second-order valence-electron chi connectivity index (χ2n) is 3.91. The molecule has 6 heteroatoms. The molecular formula is C11H15ClFNO2S. The van der Waals surface area contributed by atoms with Crippen LogP contribution >= 0.6 is 11.6 Å². The van der Waals surface area contributed by atoms with Crippen LogP contribution in [0.3, 0.4) is 0 Å². The van der Waals surface area contributed by atoms with Crippen LogP contribution in [-0.2, 0) is 16.4 Å². The summed E-state index contributed by atoms with van der Waals surface area (Å²) < 4.78 is 34.8. The molecule has 0 amide bonds. The molecule has 0 unspecified atom stereocenters. The molecule has 0 fully saturated rings. The predicted molar refractivity (Wildman–Crippen MR) is 67.4 cm³/mol. The molecule has 3 nitrogen and oxygen atoms in total. The molecule has 1 aromatic carbocycles. The molecule has 0 saturated carbocycles. The molecule has 96 valence electrons. The molecule has 0 bridgehead atoms. The summed E-state index contributed by atoms with van der Waals surface area (Å²) in [6.45, 7) is 1.08. The van der Waals surface area contributed by atoms with Crippen molar-refractivity contribution in [1.82, 2.24) is 5.32 Å². The van der Waals surface area contributed by atoms with Gasteiger partial charge in [-0.1, -0.05) is 17.7 Å². The third-order valence-electron chi connectivity index (χ3n) is 2.18. The molecule has 0 spiro atoms. The number of benzene rings is 1. The fourth-order valence-electron chi connectivity index (χ4n) is 1.34. The van der Waals surface area contributed by atoms with Crippen molar-refractivity contribution >= 4 is 21.4 Å². The first-order chi connectivity index (χ1) is 7.88. The topological polar surface area (TPSA) is 46.2 Å². The summed E-state index contributed by atoms with van der Waals surface area (Å²) in [7, 11) is -2.90. The standard InChI is InChI=1S/C11H15ClFNO2S/c1-17(15,16)6-2-5-14-8-9-3-4-10(12)11(13)7-9/h3-4,7,14H,2,5-6,8H2,1H3. The summed E-state index contributed by atoms with van der Waals surface area (Å²) >= 11 is 5.55. The zero-order valence-electron chi connectivity index (χ0n) is 9.54. The molecule has 1 rings (SSSR count). The van der Waals surface area contributed by atoms with E-state index in [-0.39, 0.29) is 10.8 Å². The van der Waals surface area contributed by atoms with Crippen LogP contribution in [0, 0.1) is 5.82 Å². The van der Waals surface area contributed by atoms with Crippen molar-refractivity contribution in [3.05, 3.63) is 34.6 Å². The Morgan fingerprint density at radius 1 is 1.41 bits per heavy atom. The number of halogens is 2. The molecule has 1 N–H and O–H groups in total. The van der Waals surface area contributed by atoms with Crippen LogP contribution in [-0.4, -0.2) is 27.0 Å². The molecule has 0 aliphatic carbocycles. The fourth-order valence-corrected chi connectivity index (χ4v) is 2.13. The molecule has 0 heterocycles. The van der Waals surface area contributed by atoms with E-state index < -0.39 is 15.7 Å². The van der Waals surface area contributed by atoms with Gasteiger partial charge in [-0.2, -0.15) is 0 Å². The van der Waals surface area contributed by atoms with Gasteiger partial charge in [-0.3, -0.25) is 0 Å². The van der Waals surface area contributed by atoms with Crippen molar-refractivity contribution < 1.29 is 12.8 Å². The molecule has 0 radical (unpaired) electrons. The minimum absolute atomic E-state index is 0.103. The lowest BCUT2D eigenvalue weighted by atomic mass is 10.2. The van der Waals surface area contributed by atoms with Gasteiger partial charge in [-0.25, -0.2) is 12.8 Å². The summed E-state index contributed by atoms with van der Waals surface area (Å²) in [6.07, 6.45) is 1.76. The smallest absolute Gasteiger partial charge is 0.147 e. The number of nitrogens with one attached hydrogen (secondary N) is 1. The van der Waals surface area contributed by atoms with Crippen molar-refractivity contribution in [2.24, 2.45) is 0 Å². The van der Waals surface area contributed by atoms with Gasteiger partial charge in [-0.15, -0.1) is 0 Å². The van der Waals surface area contributed by atoms with Gasteiger partial charge in [0.25, 0.3) is 0 Å². The van der Waals surface area contributed by atoms with Crippen molar-refractivity contribution in [1.29, 1.82) is 0 Å². The van der Waals surface area contributed by atoms with Crippen molar-refractivity contribution in [2.75, 3.05) is 18.6 Å². The van der Waals surface area contributed by atoms with Gasteiger partial charge in [0.05, 0.1) is 10.8 Å². The first-order valence-corrected chi connectivity index (χ1v) is 7.65. The van der Waals surface area contributed by atoms with Crippen molar-refractivity contribution in [3.63, 3.8) is 0 Å². The zero-order valence-corrected chi connectivity index (χ0v) is 11.1. The van der Waals surface area contributed by atoms with E-state index >= 15 is 0 Å². The van der Waals surface area contributed by atoms with Crippen molar-refractivity contribution in [3.8, 4) is 0 Å². The quantitative estimate of drug-likeness (QED) is 0.810. The average Bonchev–Trinajstić information content (AvgIpc) is 2.21. The second-order valence-corrected chi connectivity index (χ2v) is 6.58. The lowest BCUT2D eigenvalue weighted by Crippen LogP contribution is -2.17. The third kappa shape index (κ3) is 6.00. The van der Waals surface area contributed by atoms with E-state index in [4.69, 9.17) is 11.6 Å². The van der Waals surface area contributed by atoms with E-state index in [1.54, 1.807) is 6.07 Å². The second kappa shape index (κ2) is 6.33. The summed E-state index contributed by atoms with van der Waals surface area (Å²) in [4.78, 5) is 0. The van der Waals surface area contributed by atoms with E-state index in [1.807, 2.05) is 0 Å². The highest BCUT2D eigenvalue weighted by Crippen LogP contribution is 2.15. The zero-order chi connectivity index (χ0) is 12.9. The van der Waals surface area contributed by atoms with E-state index in [0.717, 1.165) is 5.56 Å². The SMILES string of the molecule is CS(=O)(=O)CCCNCc1ccc(Cl)c(F)c1. The van der Waals surface area contributed by atoms with Gasteiger partial charge < -0.3 is 5.32 Å². The molecular weight excluding hydrogens is 265 g/mol. The van der Waals surface area contributed by atoms with Crippen LogP contribution in [0.25, 0.3) is 0 Å². The Labute approximate surface area is 106 Å².